The maximum absolute atomic E-state index is 13.5. The summed E-state index contributed by atoms with van der Waals surface area (Å²) in [6, 6.07) is 5.40. The Hall–Kier alpha value is -1.67. The Bertz CT molecular complexity index is 680. The van der Waals surface area contributed by atoms with Gasteiger partial charge in [0.25, 0.3) is 0 Å². The summed E-state index contributed by atoms with van der Waals surface area (Å²) in [7, 11) is -1.82. The van der Waals surface area contributed by atoms with Crippen molar-refractivity contribution in [2.75, 3.05) is 33.0 Å². The van der Waals surface area contributed by atoms with E-state index >= 15 is 0 Å². The van der Waals surface area contributed by atoms with Crippen molar-refractivity contribution in [1.82, 2.24) is 9.21 Å². The fourth-order valence-electron chi connectivity index (χ4n) is 2.77. The monoisotopic (exact) mass is 358 g/mol. The van der Waals surface area contributed by atoms with Crippen LogP contribution in [0.25, 0.3) is 0 Å². The third kappa shape index (κ3) is 4.67. The number of para-hydroxylation sites is 1. The van der Waals surface area contributed by atoms with Gasteiger partial charge in [0.05, 0.1) is 12.8 Å². The van der Waals surface area contributed by atoms with Crippen molar-refractivity contribution in [3.8, 4) is 5.75 Å². The second kappa shape index (κ2) is 7.94. The van der Waals surface area contributed by atoms with Crippen LogP contribution in [-0.4, -0.2) is 62.6 Å². The molecule has 1 atom stereocenters. The summed E-state index contributed by atoms with van der Waals surface area (Å²) >= 11 is 0. The Morgan fingerprint density at radius 2 is 2.08 bits per heavy atom. The lowest BCUT2D eigenvalue weighted by atomic mass is 10.0. The number of ether oxygens (including phenoxy) is 1. The number of likely N-dealkylation sites (N-methyl/N-ethyl adjacent to an activating group) is 1. The molecular formula is C16H23FN2O4S. The van der Waals surface area contributed by atoms with Gasteiger partial charge < -0.3 is 9.64 Å². The molecule has 1 amide bonds. The summed E-state index contributed by atoms with van der Waals surface area (Å²) in [4.78, 5) is 14.0. The van der Waals surface area contributed by atoms with Gasteiger partial charge in [0.15, 0.2) is 11.6 Å². The molecule has 6 nitrogen and oxygen atoms in total. The topological polar surface area (TPSA) is 66.9 Å². The number of piperidine rings is 1. The van der Waals surface area contributed by atoms with Crippen LogP contribution in [-0.2, 0) is 14.8 Å². The van der Waals surface area contributed by atoms with Gasteiger partial charge in [0, 0.05) is 13.6 Å². The Morgan fingerprint density at radius 1 is 1.38 bits per heavy atom. The Labute approximate surface area is 142 Å². The van der Waals surface area contributed by atoms with E-state index in [1.54, 1.807) is 19.2 Å². The largest absolute Gasteiger partial charge is 0.489 e. The lowest BCUT2D eigenvalue weighted by molar-refractivity contribution is -0.135. The molecule has 0 bridgehead atoms. The first-order chi connectivity index (χ1) is 11.3. The number of benzene rings is 1. The van der Waals surface area contributed by atoms with Crippen LogP contribution in [0.15, 0.2) is 24.3 Å². The zero-order valence-electron chi connectivity index (χ0n) is 13.9. The smallest absolute Gasteiger partial charge is 0.240 e. The van der Waals surface area contributed by atoms with E-state index in [0.29, 0.717) is 13.0 Å². The average Bonchev–Trinajstić information content (AvgIpc) is 2.55. The van der Waals surface area contributed by atoms with Crippen molar-refractivity contribution in [2.45, 2.75) is 25.3 Å². The zero-order valence-corrected chi connectivity index (χ0v) is 14.8. The van der Waals surface area contributed by atoms with E-state index < -0.39 is 21.9 Å². The quantitative estimate of drug-likeness (QED) is 0.772. The molecule has 0 spiro atoms. The van der Waals surface area contributed by atoms with Gasteiger partial charge in [-0.3, -0.25) is 4.79 Å². The van der Waals surface area contributed by atoms with Crippen LogP contribution in [0.2, 0.25) is 0 Å². The molecule has 1 saturated heterocycles. The average molecular weight is 358 g/mol. The van der Waals surface area contributed by atoms with Gasteiger partial charge in [0.1, 0.15) is 12.6 Å². The van der Waals surface area contributed by atoms with Gasteiger partial charge in [0.2, 0.25) is 15.9 Å². The van der Waals surface area contributed by atoms with Gasteiger partial charge in [-0.1, -0.05) is 18.6 Å². The molecule has 2 rings (SSSR count). The number of rotatable bonds is 6. The van der Waals surface area contributed by atoms with E-state index in [0.717, 1.165) is 19.1 Å². The highest BCUT2D eigenvalue weighted by molar-refractivity contribution is 7.88. The number of nitrogens with zero attached hydrogens (tertiary/aromatic N) is 2. The normalized spacial score (nSPS) is 19.0. The Balaban J connectivity index is 1.92. The van der Waals surface area contributed by atoms with Crippen LogP contribution in [0.1, 0.15) is 19.3 Å². The lowest BCUT2D eigenvalue weighted by Gasteiger charge is -2.34. The fourth-order valence-corrected chi connectivity index (χ4v) is 3.89. The maximum atomic E-state index is 13.5. The van der Waals surface area contributed by atoms with Crippen molar-refractivity contribution in [2.24, 2.45) is 0 Å². The first-order valence-electron chi connectivity index (χ1n) is 7.90. The molecule has 0 N–H and O–H groups in total. The third-order valence-corrected chi connectivity index (χ3v) is 5.35. The summed E-state index contributed by atoms with van der Waals surface area (Å²) < 4.78 is 43.8. The minimum atomic E-state index is -3.42. The molecule has 0 aromatic heterocycles. The van der Waals surface area contributed by atoms with Gasteiger partial charge >= 0.3 is 0 Å². The Morgan fingerprint density at radius 3 is 2.75 bits per heavy atom. The number of halogens is 1. The number of hydrogen-bond donors (Lipinski definition) is 0. The van der Waals surface area contributed by atoms with Gasteiger partial charge in [-0.25, -0.2) is 12.8 Å². The van der Waals surface area contributed by atoms with Gasteiger partial charge in [-0.2, -0.15) is 4.31 Å². The third-order valence-electron chi connectivity index (χ3n) is 4.06. The van der Waals surface area contributed by atoms with Crippen molar-refractivity contribution in [3.63, 3.8) is 0 Å². The van der Waals surface area contributed by atoms with Crippen LogP contribution in [0, 0.1) is 5.82 Å². The van der Waals surface area contributed by atoms with E-state index in [4.69, 9.17) is 4.74 Å². The molecule has 1 fully saturated rings. The minimum absolute atomic E-state index is 0.133. The molecule has 1 aromatic rings. The summed E-state index contributed by atoms with van der Waals surface area (Å²) in [6.45, 7) is 0.755. The number of amides is 1. The van der Waals surface area contributed by atoms with E-state index in [1.807, 2.05) is 0 Å². The highest BCUT2D eigenvalue weighted by atomic mass is 32.2. The number of carbonyl (C=O) groups is 1. The van der Waals surface area contributed by atoms with E-state index in [2.05, 4.69) is 0 Å². The standard InChI is InChI=1S/C16H23FN2O4S/c1-18(11-12-23-15-9-4-3-7-13(15)17)16(20)14-8-5-6-10-19(14)24(2,21)22/h3-4,7,9,14H,5-6,8,10-12H2,1-2H3. The summed E-state index contributed by atoms with van der Waals surface area (Å²) in [5.74, 6) is -0.576. The second-order valence-corrected chi connectivity index (χ2v) is 7.86. The number of carbonyl (C=O) groups excluding carboxylic acids is 1. The summed E-state index contributed by atoms with van der Waals surface area (Å²) in [5, 5.41) is 0. The zero-order chi connectivity index (χ0) is 17.7. The predicted octanol–water partition coefficient (Wildman–Crippen LogP) is 1.48. The number of hydrogen-bond acceptors (Lipinski definition) is 4. The van der Waals surface area contributed by atoms with E-state index in [9.17, 15) is 17.6 Å². The second-order valence-electron chi connectivity index (χ2n) is 5.92. The van der Waals surface area contributed by atoms with Crippen LogP contribution in [0.3, 0.4) is 0 Å². The first-order valence-corrected chi connectivity index (χ1v) is 9.74. The molecule has 1 aliphatic heterocycles. The summed E-state index contributed by atoms with van der Waals surface area (Å²) in [5.41, 5.74) is 0. The predicted molar refractivity (Wildman–Crippen MR) is 88.7 cm³/mol. The Kier molecular flexibility index (Phi) is 6.17. The van der Waals surface area contributed by atoms with Crippen LogP contribution < -0.4 is 4.74 Å². The molecule has 0 radical (unpaired) electrons. The van der Waals surface area contributed by atoms with Crippen molar-refractivity contribution < 1.29 is 22.3 Å². The minimum Gasteiger partial charge on any atom is -0.489 e. The van der Waals surface area contributed by atoms with E-state index in [-0.39, 0.29) is 24.8 Å². The molecule has 1 aromatic carbocycles. The molecule has 1 aliphatic rings. The van der Waals surface area contributed by atoms with Crippen molar-refractivity contribution in [1.29, 1.82) is 0 Å². The van der Waals surface area contributed by atoms with Crippen LogP contribution in [0.5, 0.6) is 5.75 Å². The highest BCUT2D eigenvalue weighted by Gasteiger charge is 2.35. The van der Waals surface area contributed by atoms with Crippen LogP contribution in [0.4, 0.5) is 4.39 Å². The number of sulfonamides is 1. The lowest BCUT2D eigenvalue weighted by Crippen LogP contribution is -2.52. The highest BCUT2D eigenvalue weighted by Crippen LogP contribution is 2.21. The molecule has 134 valence electrons. The molecule has 0 aliphatic carbocycles. The van der Waals surface area contributed by atoms with Gasteiger partial charge in [-0.15, -0.1) is 0 Å². The van der Waals surface area contributed by atoms with Gasteiger partial charge in [-0.05, 0) is 25.0 Å². The van der Waals surface area contributed by atoms with Crippen LogP contribution >= 0.6 is 0 Å². The molecule has 8 heteroatoms. The molecule has 24 heavy (non-hydrogen) atoms. The molecular weight excluding hydrogens is 335 g/mol. The SMILES string of the molecule is CN(CCOc1ccccc1F)C(=O)C1CCCCN1S(C)(=O)=O. The van der Waals surface area contributed by atoms with E-state index in [1.165, 1.54) is 21.3 Å². The molecule has 1 unspecified atom stereocenters. The molecule has 0 saturated carbocycles. The van der Waals surface area contributed by atoms with Crippen molar-refractivity contribution in [3.05, 3.63) is 30.1 Å². The molecule has 1 heterocycles. The fraction of sp³-hybridized carbons (Fsp3) is 0.562. The maximum Gasteiger partial charge on any atom is 0.240 e. The van der Waals surface area contributed by atoms with Crippen molar-refractivity contribution >= 4 is 15.9 Å². The first kappa shape index (κ1) is 18.7. The summed E-state index contributed by atoms with van der Waals surface area (Å²) in [6.07, 6.45) is 3.23.